The van der Waals surface area contributed by atoms with Crippen LogP contribution in [0, 0.1) is 17.5 Å². The molecule has 0 aromatic heterocycles. The van der Waals surface area contributed by atoms with E-state index in [9.17, 15) is 18.0 Å². The lowest BCUT2D eigenvalue weighted by Gasteiger charge is -2.11. The second kappa shape index (κ2) is 9.80. The average molecular weight is 464 g/mol. The van der Waals surface area contributed by atoms with E-state index in [0.717, 1.165) is 6.07 Å². The van der Waals surface area contributed by atoms with Gasteiger partial charge in [0, 0.05) is 17.2 Å². The van der Waals surface area contributed by atoms with Gasteiger partial charge in [-0.25, -0.2) is 18.0 Å². The summed E-state index contributed by atoms with van der Waals surface area (Å²) < 4.78 is 53.9. The molecule has 0 radical (unpaired) electrons. The second-order valence-electron chi connectivity index (χ2n) is 7.40. The number of aliphatic hydroxyl groups is 1. The van der Waals surface area contributed by atoms with Crippen LogP contribution in [0.3, 0.4) is 0 Å². The number of ether oxygens (including phenoxy) is 2. The summed E-state index contributed by atoms with van der Waals surface area (Å²) in [6.45, 7) is -0.142. The van der Waals surface area contributed by atoms with E-state index in [4.69, 9.17) is 14.6 Å². The zero-order chi connectivity index (χ0) is 24.2. The van der Waals surface area contributed by atoms with Crippen LogP contribution in [0.1, 0.15) is 15.9 Å². The van der Waals surface area contributed by atoms with Gasteiger partial charge in [-0.15, -0.1) is 0 Å². The second-order valence-corrected chi connectivity index (χ2v) is 7.40. The Morgan fingerprint density at radius 1 is 0.765 bits per heavy atom. The van der Waals surface area contributed by atoms with Gasteiger partial charge in [0.05, 0.1) is 19.3 Å². The number of methoxy groups -OCH3 is 1. The Kier molecular flexibility index (Phi) is 6.65. The van der Waals surface area contributed by atoms with Crippen molar-refractivity contribution in [2.45, 2.75) is 6.61 Å². The standard InChI is InChI=1S/C27H19F3O4/c1-33-20-10-11-23(24(28)14-20)27(32)34-19-8-6-18(7-9-19)22-13-12-21(25(29)26(22)30)17-4-2-16(15-31)3-5-17/h2-14,31H,15H2,1H3. The predicted molar refractivity (Wildman–Crippen MR) is 121 cm³/mol. The summed E-state index contributed by atoms with van der Waals surface area (Å²) in [5, 5.41) is 9.13. The summed E-state index contributed by atoms with van der Waals surface area (Å²) >= 11 is 0. The number of carbonyl (C=O) groups excluding carboxylic acids is 1. The van der Waals surface area contributed by atoms with Crippen LogP contribution in [0.2, 0.25) is 0 Å². The van der Waals surface area contributed by atoms with Gasteiger partial charge in [-0.3, -0.25) is 0 Å². The lowest BCUT2D eigenvalue weighted by atomic mass is 9.98. The Labute approximate surface area is 193 Å². The molecule has 0 atom stereocenters. The number of hydrogen-bond donors (Lipinski definition) is 1. The average Bonchev–Trinajstić information content (AvgIpc) is 2.86. The summed E-state index contributed by atoms with van der Waals surface area (Å²) in [4.78, 5) is 12.3. The van der Waals surface area contributed by atoms with E-state index in [1.807, 2.05) is 0 Å². The van der Waals surface area contributed by atoms with Crippen molar-refractivity contribution in [3.63, 3.8) is 0 Å². The van der Waals surface area contributed by atoms with Crippen LogP contribution in [0.15, 0.2) is 78.9 Å². The zero-order valence-electron chi connectivity index (χ0n) is 18.0. The molecule has 0 aliphatic carbocycles. The van der Waals surface area contributed by atoms with Crippen molar-refractivity contribution in [2.75, 3.05) is 7.11 Å². The van der Waals surface area contributed by atoms with Crippen LogP contribution in [-0.4, -0.2) is 18.2 Å². The minimum absolute atomic E-state index is 0.0345. The van der Waals surface area contributed by atoms with Crippen molar-refractivity contribution in [3.05, 3.63) is 107 Å². The lowest BCUT2D eigenvalue weighted by molar-refractivity contribution is 0.0730. The summed E-state index contributed by atoms with van der Waals surface area (Å²) in [5.74, 6) is -3.33. The Hall–Kier alpha value is -4.10. The molecule has 4 aromatic carbocycles. The van der Waals surface area contributed by atoms with Crippen molar-refractivity contribution in [2.24, 2.45) is 0 Å². The third kappa shape index (κ3) is 4.65. The summed E-state index contributed by atoms with van der Waals surface area (Å²) in [6.07, 6.45) is 0. The van der Waals surface area contributed by atoms with E-state index in [2.05, 4.69) is 0 Å². The summed E-state index contributed by atoms with van der Waals surface area (Å²) in [6, 6.07) is 19.0. The van der Waals surface area contributed by atoms with Crippen LogP contribution in [-0.2, 0) is 6.61 Å². The third-order valence-electron chi connectivity index (χ3n) is 5.30. The van der Waals surface area contributed by atoms with Crippen LogP contribution in [0.5, 0.6) is 11.5 Å². The largest absolute Gasteiger partial charge is 0.497 e. The fourth-order valence-corrected chi connectivity index (χ4v) is 3.44. The molecule has 4 nitrogen and oxygen atoms in total. The number of halogens is 3. The number of carbonyl (C=O) groups is 1. The number of rotatable bonds is 6. The number of esters is 1. The van der Waals surface area contributed by atoms with Gasteiger partial charge in [0.25, 0.3) is 0 Å². The van der Waals surface area contributed by atoms with Crippen molar-refractivity contribution < 1.29 is 32.5 Å². The first kappa shape index (κ1) is 23.1. The highest BCUT2D eigenvalue weighted by molar-refractivity contribution is 5.91. The minimum Gasteiger partial charge on any atom is -0.497 e. The molecule has 0 fully saturated rings. The van der Waals surface area contributed by atoms with E-state index in [1.54, 1.807) is 24.3 Å². The monoisotopic (exact) mass is 464 g/mol. The van der Waals surface area contributed by atoms with Gasteiger partial charge < -0.3 is 14.6 Å². The maximum absolute atomic E-state index is 14.9. The van der Waals surface area contributed by atoms with Gasteiger partial charge in [0.15, 0.2) is 11.6 Å². The van der Waals surface area contributed by atoms with Crippen molar-refractivity contribution in [3.8, 4) is 33.8 Å². The Morgan fingerprint density at radius 3 is 1.79 bits per heavy atom. The van der Waals surface area contributed by atoms with E-state index in [-0.39, 0.29) is 34.8 Å². The molecular formula is C27H19F3O4. The Balaban J connectivity index is 1.54. The molecule has 0 aliphatic heterocycles. The molecule has 34 heavy (non-hydrogen) atoms. The lowest BCUT2D eigenvalue weighted by Crippen LogP contribution is -2.10. The fourth-order valence-electron chi connectivity index (χ4n) is 3.44. The quantitative estimate of drug-likeness (QED) is 0.274. The van der Waals surface area contributed by atoms with Gasteiger partial charge in [0.2, 0.25) is 0 Å². The van der Waals surface area contributed by atoms with E-state index in [1.165, 1.54) is 55.6 Å². The van der Waals surface area contributed by atoms with Gasteiger partial charge in [-0.05, 0) is 41.0 Å². The van der Waals surface area contributed by atoms with E-state index >= 15 is 0 Å². The minimum atomic E-state index is -1.02. The molecule has 0 spiro atoms. The molecule has 4 aromatic rings. The van der Waals surface area contributed by atoms with Crippen LogP contribution in [0.25, 0.3) is 22.3 Å². The van der Waals surface area contributed by atoms with Gasteiger partial charge in [-0.1, -0.05) is 48.5 Å². The van der Waals surface area contributed by atoms with Crippen molar-refractivity contribution >= 4 is 5.97 Å². The molecule has 0 amide bonds. The smallest absolute Gasteiger partial charge is 0.346 e. The van der Waals surface area contributed by atoms with Gasteiger partial charge >= 0.3 is 5.97 Å². The molecule has 0 saturated heterocycles. The SMILES string of the molecule is COc1ccc(C(=O)Oc2ccc(-c3ccc(-c4ccc(CO)cc4)c(F)c3F)cc2)c(F)c1. The van der Waals surface area contributed by atoms with E-state index < -0.39 is 23.4 Å². The molecule has 0 saturated carbocycles. The van der Waals surface area contributed by atoms with E-state index in [0.29, 0.717) is 16.7 Å². The first-order valence-corrected chi connectivity index (χ1v) is 10.3. The highest BCUT2D eigenvalue weighted by atomic mass is 19.2. The number of hydrogen-bond acceptors (Lipinski definition) is 4. The first-order chi connectivity index (χ1) is 16.4. The molecule has 1 N–H and O–H groups in total. The molecule has 4 rings (SSSR count). The van der Waals surface area contributed by atoms with Gasteiger partial charge in [0.1, 0.15) is 17.3 Å². The topological polar surface area (TPSA) is 55.8 Å². The zero-order valence-corrected chi connectivity index (χ0v) is 18.0. The van der Waals surface area contributed by atoms with Crippen molar-refractivity contribution in [1.82, 2.24) is 0 Å². The maximum Gasteiger partial charge on any atom is 0.346 e. The Morgan fingerprint density at radius 2 is 1.29 bits per heavy atom. The highest BCUT2D eigenvalue weighted by Gasteiger charge is 2.18. The molecular weight excluding hydrogens is 445 g/mol. The fraction of sp³-hybridized carbons (Fsp3) is 0.0741. The molecule has 172 valence electrons. The molecule has 7 heteroatoms. The molecule has 0 heterocycles. The Bertz CT molecular complexity index is 1330. The molecule has 0 unspecified atom stereocenters. The first-order valence-electron chi connectivity index (χ1n) is 10.3. The van der Waals surface area contributed by atoms with Crippen LogP contribution in [0.4, 0.5) is 13.2 Å². The summed E-state index contributed by atoms with van der Waals surface area (Å²) in [7, 11) is 1.38. The van der Waals surface area contributed by atoms with Crippen LogP contribution >= 0.6 is 0 Å². The number of benzene rings is 4. The third-order valence-corrected chi connectivity index (χ3v) is 5.30. The highest BCUT2D eigenvalue weighted by Crippen LogP contribution is 2.32. The van der Waals surface area contributed by atoms with Crippen molar-refractivity contribution in [1.29, 1.82) is 0 Å². The molecule has 0 bridgehead atoms. The number of aliphatic hydroxyl groups excluding tert-OH is 1. The molecule has 0 aliphatic rings. The maximum atomic E-state index is 14.9. The summed E-state index contributed by atoms with van der Waals surface area (Å²) in [5.41, 5.74) is 1.38. The van der Waals surface area contributed by atoms with Crippen LogP contribution < -0.4 is 9.47 Å². The van der Waals surface area contributed by atoms with Gasteiger partial charge in [-0.2, -0.15) is 0 Å². The predicted octanol–water partition coefficient (Wildman–Crippen LogP) is 6.16. The normalized spacial score (nSPS) is 10.7.